The van der Waals surface area contributed by atoms with Gasteiger partial charge in [0.2, 0.25) is 0 Å². The number of nitrogens with zero attached hydrogens (tertiary/aromatic N) is 2. The molecule has 8 heteroatoms. The summed E-state index contributed by atoms with van der Waals surface area (Å²) in [5, 5.41) is 24.1. The maximum atomic E-state index is 13.1. The van der Waals surface area contributed by atoms with Crippen molar-refractivity contribution in [2.75, 3.05) is 4.90 Å². The topological polar surface area (TPSA) is 101 Å². The standard InChI is InChI=1S/C23H18N2O5S/c1-13-6-3-4-9-17(13)24-19(22-14(2)10-11-31-22)18(21(27)23(24)28)20(26)15-7-5-8-16(12-15)25(29)30/h3-12,19,26H,1-2H3/b20-18-. The van der Waals surface area contributed by atoms with Gasteiger partial charge in [0.05, 0.1) is 10.5 Å². The van der Waals surface area contributed by atoms with Gasteiger partial charge < -0.3 is 5.11 Å². The molecule has 156 valence electrons. The molecule has 3 aromatic rings. The Morgan fingerprint density at radius 2 is 1.81 bits per heavy atom. The number of nitro benzene ring substituents is 1. The van der Waals surface area contributed by atoms with E-state index in [0.29, 0.717) is 5.69 Å². The Bertz CT molecular complexity index is 1260. The molecule has 1 aromatic heterocycles. The van der Waals surface area contributed by atoms with E-state index in [0.717, 1.165) is 16.0 Å². The van der Waals surface area contributed by atoms with Gasteiger partial charge in [0.1, 0.15) is 11.8 Å². The first-order valence-corrected chi connectivity index (χ1v) is 10.3. The van der Waals surface area contributed by atoms with Crippen LogP contribution in [0.2, 0.25) is 0 Å². The largest absolute Gasteiger partial charge is 0.507 e. The van der Waals surface area contributed by atoms with Crippen molar-refractivity contribution in [3.05, 3.63) is 97.2 Å². The maximum absolute atomic E-state index is 13.1. The van der Waals surface area contributed by atoms with Crippen molar-refractivity contribution in [3.63, 3.8) is 0 Å². The highest BCUT2D eigenvalue weighted by atomic mass is 32.1. The fourth-order valence-electron chi connectivity index (χ4n) is 3.75. The van der Waals surface area contributed by atoms with Crippen molar-refractivity contribution < 1.29 is 19.6 Å². The number of amides is 1. The average Bonchev–Trinajstić information content (AvgIpc) is 3.29. The number of hydrogen-bond acceptors (Lipinski definition) is 6. The summed E-state index contributed by atoms with van der Waals surface area (Å²) in [7, 11) is 0. The molecule has 7 nitrogen and oxygen atoms in total. The van der Waals surface area contributed by atoms with Crippen LogP contribution in [-0.4, -0.2) is 21.7 Å². The number of carbonyl (C=O) groups is 2. The highest BCUT2D eigenvalue weighted by molar-refractivity contribution is 7.10. The molecule has 4 rings (SSSR count). The van der Waals surface area contributed by atoms with Crippen LogP contribution in [0.25, 0.3) is 5.76 Å². The molecule has 1 aliphatic heterocycles. The number of aryl methyl sites for hydroxylation is 2. The number of non-ortho nitro benzene ring substituents is 1. The first-order valence-electron chi connectivity index (χ1n) is 9.46. The van der Waals surface area contributed by atoms with Crippen LogP contribution >= 0.6 is 11.3 Å². The Hall–Kier alpha value is -3.78. The fourth-order valence-corrected chi connectivity index (χ4v) is 4.77. The van der Waals surface area contributed by atoms with Crippen molar-refractivity contribution in [2.45, 2.75) is 19.9 Å². The van der Waals surface area contributed by atoms with Crippen molar-refractivity contribution in [1.29, 1.82) is 0 Å². The summed E-state index contributed by atoms with van der Waals surface area (Å²) < 4.78 is 0. The third-order valence-electron chi connectivity index (χ3n) is 5.30. The number of aliphatic hydroxyl groups is 1. The lowest BCUT2D eigenvalue weighted by atomic mass is 9.98. The lowest BCUT2D eigenvalue weighted by molar-refractivity contribution is -0.384. The van der Waals surface area contributed by atoms with E-state index in [4.69, 9.17) is 0 Å². The van der Waals surface area contributed by atoms with Gasteiger partial charge >= 0.3 is 0 Å². The van der Waals surface area contributed by atoms with Crippen LogP contribution < -0.4 is 4.90 Å². The minimum Gasteiger partial charge on any atom is -0.507 e. The van der Waals surface area contributed by atoms with Crippen LogP contribution in [0.1, 0.15) is 27.6 Å². The van der Waals surface area contributed by atoms with Gasteiger partial charge in [-0.05, 0) is 42.5 Å². The number of nitro groups is 1. The molecule has 1 atom stereocenters. The second-order valence-corrected chi connectivity index (χ2v) is 8.18. The molecule has 0 spiro atoms. The molecule has 1 fully saturated rings. The van der Waals surface area contributed by atoms with Crippen molar-refractivity contribution >= 4 is 40.2 Å². The Morgan fingerprint density at radius 3 is 2.45 bits per heavy atom. The number of Topliss-reactive ketones (excluding diaryl/α,β-unsaturated/α-hetero) is 1. The van der Waals surface area contributed by atoms with Gasteiger partial charge in [0, 0.05) is 28.3 Å². The maximum Gasteiger partial charge on any atom is 0.300 e. The van der Waals surface area contributed by atoms with Gasteiger partial charge in [-0.2, -0.15) is 0 Å². The monoisotopic (exact) mass is 434 g/mol. The number of hydrogen-bond donors (Lipinski definition) is 1. The average molecular weight is 434 g/mol. The Kier molecular flexibility index (Phi) is 5.16. The minimum atomic E-state index is -0.833. The zero-order valence-corrected chi connectivity index (χ0v) is 17.6. The molecule has 0 bridgehead atoms. The van der Waals surface area contributed by atoms with Gasteiger partial charge in [-0.3, -0.25) is 24.6 Å². The van der Waals surface area contributed by atoms with Crippen LogP contribution in [0.15, 0.2) is 65.6 Å². The van der Waals surface area contributed by atoms with Gasteiger partial charge in [-0.25, -0.2) is 0 Å². The number of aliphatic hydroxyl groups excluding tert-OH is 1. The summed E-state index contributed by atoms with van der Waals surface area (Å²) in [6, 6.07) is 13.6. The first-order chi connectivity index (χ1) is 14.8. The molecule has 31 heavy (non-hydrogen) atoms. The van der Waals surface area contributed by atoms with E-state index in [2.05, 4.69) is 0 Å². The highest BCUT2D eigenvalue weighted by Gasteiger charge is 2.48. The second kappa shape index (κ2) is 7.81. The van der Waals surface area contributed by atoms with Crippen LogP contribution in [0.3, 0.4) is 0 Å². The number of anilines is 1. The van der Waals surface area contributed by atoms with Crippen molar-refractivity contribution in [1.82, 2.24) is 0 Å². The van der Waals surface area contributed by atoms with Crippen LogP contribution in [0, 0.1) is 24.0 Å². The molecule has 1 amide bonds. The van der Waals surface area contributed by atoms with Crippen molar-refractivity contribution in [2.24, 2.45) is 0 Å². The Balaban J connectivity index is 1.98. The molecular formula is C23H18N2O5S. The third-order valence-corrected chi connectivity index (χ3v) is 6.37. The van der Waals surface area contributed by atoms with E-state index >= 15 is 0 Å². The minimum absolute atomic E-state index is 0.0840. The highest BCUT2D eigenvalue weighted by Crippen LogP contribution is 2.45. The number of thiophene rings is 1. The lowest BCUT2D eigenvalue weighted by Gasteiger charge is -2.26. The number of benzene rings is 2. The normalized spacial score (nSPS) is 17.9. The fraction of sp³-hybridized carbons (Fsp3) is 0.130. The van der Waals surface area contributed by atoms with Crippen LogP contribution in [-0.2, 0) is 9.59 Å². The predicted octanol–water partition coefficient (Wildman–Crippen LogP) is 4.90. The third kappa shape index (κ3) is 3.40. The zero-order chi connectivity index (χ0) is 22.3. The number of ketones is 1. The Labute approximate surface area is 182 Å². The van der Waals surface area contributed by atoms with Crippen LogP contribution in [0.5, 0.6) is 0 Å². The van der Waals surface area contributed by atoms with E-state index in [1.54, 1.807) is 12.1 Å². The molecule has 1 aliphatic rings. The number of carbonyl (C=O) groups excluding carboxylic acids is 2. The van der Waals surface area contributed by atoms with E-state index in [-0.39, 0.29) is 16.8 Å². The van der Waals surface area contributed by atoms with E-state index < -0.39 is 28.4 Å². The van der Waals surface area contributed by atoms with Gasteiger partial charge in [-0.1, -0.05) is 30.3 Å². The molecule has 2 heterocycles. The summed E-state index contributed by atoms with van der Waals surface area (Å²) in [6.07, 6.45) is 0. The molecule has 0 saturated carbocycles. The van der Waals surface area contributed by atoms with E-state index in [1.807, 2.05) is 37.4 Å². The lowest BCUT2D eigenvalue weighted by Crippen LogP contribution is -2.30. The molecule has 0 radical (unpaired) electrons. The summed E-state index contributed by atoms with van der Waals surface area (Å²) in [5.41, 5.74) is 2.05. The van der Waals surface area contributed by atoms with Gasteiger partial charge in [0.15, 0.2) is 0 Å². The van der Waals surface area contributed by atoms with E-state index in [1.165, 1.54) is 40.5 Å². The second-order valence-electron chi connectivity index (χ2n) is 7.23. The molecule has 1 N–H and O–H groups in total. The summed E-state index contributed by atoms with van der Waals surface area (Å²) in [4.78, 5) is 39.0. The number of para-hydroxylation sites is 1. The molecule has 1 saturated heterocycles. The SMILES string of the molecule is Cc1ccccc1N1C(=O)C(=O)/C(=C(\O)c2cccc([N+](=O)[O-])c2)C1c1sccc1C. The number of rotatable bonds is 4. The summed E-state index contributed by atoms with van der Waals surface area (Å²) in [6.45, 7) is 3.71. The zero-order valence-electron chi connectivity index (χ0n) is 16.7. The molecule has 1 unspecified atom stereocenters. The molecule has 0 aliphatic carbocycles. The summed E-state index contributed by atoms with van der Waals surface area (Å²) >= 11 is 1.38. The first kappa shape index (κ1) is 20.5. The van der Waals surface area contributed by atoms with Gasteiger partial charge in [0.25, 0.3) is 17.4 Å². The molecule has 2 aromatic carbocycles. The van der Waals surface area contributed by atoms with Crippen LogP contribution in [0.4, 0.5) is 11.4 Å². The predicted molar refractivity (Wildman–Crippen MR) is 118 cm³/mol. The quantitative estimate of drug-likeness (QED) is 0.207. The smallest absolute Gasteiger partial charge is 0.300 e. The van der Waals surface area contributed by atoms with Crippen molar-refractivity contribution in [3.8, 4) is 0 Å². The van der Waals surface area contributed by atoms with E-state index in [9.17, 15) is 24.8 Å². The molecular weight excluding hydrogens is 416 g/mol. The summed E-state index contributed by atoms with van der Waals surface area (Å²) in [5.74, 6) is -2.01. The Morgan fingerprint density at radius 1 is 1.06 bits per heavy atom. The van der Waals surface area contributed by atoms with Gasteiger partial charge in [-0.15, -0.1) is 11.3 Å².